The normalized spacial score (nSPS) is 18.3. The van der Waals surface area contributed by atoms with E-state index >= 15 is 0 Å². The van der Waals surface area contributed by atoms with E-state index < -0.39 is 10.2 Å². The molecule has 0 aliphatic carbocycles. The first-order valence-corrected chi connectivity index (χ1v) is 8.61. The van der Waals surface area contributed by atoms with Gasteiger partial charge in [-0.25, -0.2) is 4.98 Å². The van der Waals surface area contributed by atoms with Crippen LogP contribution in [-0.4, -0.2) is 67.2 Å². The molecule has 3 rings (SSSR count). The number of piperazine rings is 1. The molecule has 120 valence electrons. The number of fused-ring (bicyclic) bond motifs is 1. The molecular weight excluding hydrogens is 304 g/mol. The van der Waals surface area contributed by atoms with E-state index in [9.17, 15) is 8.42 Å². The quantitative estimate of drug-likeness (QED) is 0.830. The van der Waals surface area contributed by atoms with Crippen LogP contribution in [0.1, 0.15) is 5.89 Å². The van der Waals surface area contributed by atoms with Crippen molar-refractivity contribution in [2.75, 3.05) is 40.3 Å². The molecule has 1 aromatic carbocycles. The van der Waals surface area contributed by atoms with Gasteiger partial charge in [0, 0.05) is 40.3 Å². The highest BCUT2D eigenvalue weighted by molar-refractivity contribution is 7.86. The molecule has 1 aliphatic rings. The van der Waals surface area contributed by atoms with Crippen molar-refractivity contribution >= 4 is 21.3 Å². The summed E-state index contributed by atoms with van der Waals surface area (Å²) >= 11 is 0. The van der Waals surface area contributed by atoms with Crippen molar-refractivity contribution in [3.8, 4) is 0 Å². The number of aromatic nitrogens is 1. The highest BCUT2D eigenvalue weighted by Crippen LogP contribution is 2.17. The summed E-state index contributed by atoms with van der Waals surface area (Å²) < 4.78 is 32.6. The molecule has 1 aromatic heterocycles. The number of rotatable bonds is 4. The average Bonchev–Trinajstić information content (AvgIpc) is 2.89. The van der Waals surface area contributed by atoms with E-state index in [0.717, 1.165) is 11.1 Å². The van der Waals surface area contributed by atoms with Crippen molar-refractivity contribution in [1.82, 2.24) is 18.5 Å². The standard InChI is InChI=1S/C14H20N4O3S/c1-16(2)22(19,20)18-9-7-17(8-10-18)11-14-15-12-5-3-4-6-13(12)21-14/h3-6H,7-11H2,1-2H3. The fourth-order valence-electron chi connectivity index (χ4n) is 2.53. The minimum absolute atomic E-state index is 0.487. The number of benzene rings is 1. The van der Waals surface area contributed by atoms with Gasteiger partial charge in [-0.05, 0) is 12.1 Å². The van der Waals surface area contributed by atoms with E-state index in [-0.39, 0.29) is 0 Å². The molecule has 0 N–H and O–H groups in total. The van der Waals surface area contributed by atoms with Gasteiger partial charge in [-0.2, -0.15) is 17.0 Å². The molecule has 1 saturated heterocycles. The number of oxazole rings is 1. The molecule has 22 heavy (non-hydrogen) atoms. The highest BCUT2D eigenvalue weighted by Gasteiger charge is 2.28. The maximum Gasteiger partial charge on any atom is 0.281 e. The van der Waals surface area contributed by atoms with Crippen LogP contribution in [0.4, 0.5) is 0 Å². The number of hydrogen-bond acceptors (Lipinski definition) is 5. The Bertz CT molecular complexity index is 715. The fraction of sp³-hybridized carbons (Fsp3) is 0.500. The van der Waals surface area contributed by atoms with Crippen LogP contribution in [-0.2, 0) is 16.8 Å². The SMILES string of the molecule is CN(C)S(=O)(=O)N1CCN(Cc2nc3ccccc3o2)CC1. The molecule has 0 spiro atoms. The lowest BCUT2D eigenvalue weighted by atomic mass is 10.3. The lowest BCUT2D eigenvalue weighted by molar-refractivity contribution is 0.165. The Morgan fingerprint density at radius 3 is 2.50 bits per heavy atom. The largest absolute Gasteiger partial charge is 0.439 e. The number of para-hydroxylation sites is 2. The Labute approximate surface area is 130 Å². The summed E-state index contributed by atoms with van der Waals surface area (Å²) in [6.45, 7) is 2.92. The minimum Gasteiger partial charge on any atom is -0.439 e. The van der Waals surface area contributed by atoms with Crippen LogP contribution in [0, 0.1) is 0 Å². The van der Waals surface area contributed by atoms with E-state index in [0.29, 0.717) is 38.6 Å². The van der Waals surface area contributed by atoms with Crippen LogP contribution < -0.4 is 0 Å². The molecule has 0 bridgehead atoms. The van der Waals surface area contributed by atoms with Crippen molar-refractivity contribution < 1.29 is 12.8 Å². The zero-order valence-corrected chi connectivity index (χ0v) is 13.6. The molecule has 0 amide bonds. The summed E-state index contributed by atoms with van der Waals surface area (Å²) in [6, 6.07) is 7.67. The Hall–Kier alpha value is -1.48. The van der Waals surface area contributed by atoms with Gasteiger partial charge < -0.3 is 4.42 Å². The summed E-state index contributed by atoms with van der Waals surface area (Å²) in [5.41, 5.74) is 1.64. The molecule has 7 nitrogen and oxygen atoms in total. The van der Waals surface area contributed by atoms with E-state index in [1.807, 2.05) is 24.3 Å². The number of nitrogens with zero attached hydrogens (tertiary/aromatic N) is 4. The summed E-state index contributed by atoms with van der Waals surface area (Å²) in [5.74, 6) is 0.671. The van der Waals surface area contributed by atoms with Crippen molar-refractivity contribution in [2.24, 2.45) is 0 Å². The zero-order valence-electron chi connectivity index (χ0n) is 12.8. The molecule has 2 heterocycles. The third kappa shape index (κ3) is 3.00. The van der Waals surface area contributed by atoms with Crippen molar-refractivity contribution in [3.05, 3.63) is 30.2 Å². The minimum atomic E-state index is -3.32. The summed E-state index contributed by atoms with van der Waals surface area (Å²) in [5, 5.41) is 0. The van der Waals surface area contributed by atoms with Crippen LogP contribution in [0.2, 0.25) is 0 Å². The molecule has 0 unspecified atom stereocenters. The molecule has 1 fully saturated rings. The Morgan fingerprint density at radius 2 is 1.86 bits per heavy atom. The Kier molecular flexibility index (Phi) is 4.18. The van der Waals surface area contributed by atoms with E-state index in [1.54, 1.807) is 14.1 Å². The first-order valence-electron chi connectivity index (χ1n) is 7.21. The van der Waals surface area contributed by atoms with Gasteiger partial charge in [0.1, 0.15) is 5.52 Å². The lowest BCUT2D eigenvalue weighted by Crippen LogP contribution is -2.51. The Morgan fingerprint density at radius 1 is 1.18 bits per heavy atom. The van der Waals surface area contributed by atoms with E-state index in [1.165, 1.54) is 8.61 Å². The van der Waals surface area contributed by atoms with E-state index in [4.69, 9.17) is 4.42 Å². The van der Waals surface area contributed by atoms with Gasteiger partial charge in [0.15, 0.2) is 5.58 Å². The maximum absolute atomic E-state index is 12.1. The van der Waals surface area contributed by atoms with Crippen LogP contribution >= 0.6 is 0 Å². The van der Waals surface area contributed by atoms with Gasteiger partial charge in [-0.15, -0.1) is 0 Å². The highest BCUT2D eigenvalue weighted by atomic mass is 32.2. The molecule has 0 radical (unpaired) electrons. The predicted octanol–water partition coefficient (Wildman–Crippen LogP) is 0.752. The second kappa shape index (κ2) is 5.96. The van der Waals surface area contributed by atoms with E-state index in [2.05, 4.69) is 9.88 Å². The third-order valence-corrected chi connectivity index (χ3v) is 5.76. The second-order valence-corrected chi connectivity index (χ2v) is 7.68. The third-order valence-electron chi connectivity index (χ3n) is 3.82. The molecule has 2 aromatic rings. The summed E-state index contributed by atoms with van der Waals surface area (Å²) in [7, 11) is -0.205. The first kappa shape index (κ1) is 15.4. The van der Waals surface area contributed by atoms with Crippen molar-refractivity contribution in [1.29, 1.82) is 0 Å². The monoisotopic (exact) mass is 324 g/mol. The van der Waals surface area contributed by atoms with Crippen LogP contribution in [0.25, 0.3) is 11.1 Å². The molecular formula is C14H20N4O3S. The summed E-state index contributed by atoms with van der Waals surface area (Å²) in [4.78, 5) is 6.61. The second-order valence-electron chi connectivity index (χ2n) is 5.54. The molecule has 0 atom stereocenters. The van der Waals surface area contributed by atoms with Gasteiger partial charge in [-0.1, -0.05) is 12.1 Å². The van der Waals surface area contributed by atoms with Crippen molar-refractivity contribution in [2.45, 2.75) is 6.54 Å². The lowest BCUT2D eigenvalue weighted by Gasteiger charge is -2.34. The molecule has 1 aliphatic heterocycles. The van der Waals surface area contributed by atoms with Crippen LogP contribution in [0.15, 0.2) is 28.7 Å². The maximum atomic E-state index is 12.1. The van der Waals surface area contributed by atoms with Crippen LogP contribution in [0.3, 0.4) is 0 Å². The number of hydrogen-bond donors (Lipinski definition) is 0. The Balaban J connectivity index is 1.62. The van der Waals surface area contributed by atoms with Crippen LogP contribution in [0.5, 0.6) is 0 Å². The fourth-order valence-corrected chi connectivity index (χ4v) is 3.61. The molecule has 8 heteroatoms. The topological polar surface area (TPSA) is 69.9 Å². The van der Waals surface area contributed by atoms with Gasteiger partial charge in [0.2, 0.25) is 5.89 Å². The van der Waals surface area contributed by atoms with Gasteiger partial charge in [0.05, 0.1) is 6.54 Å². The van der Waals surface area contributed by atoms with Crippen molar-refractivity contribution in [3.63, 3.8) is 0 Å². The van der Waals surface area contributed by atoms with Gasteiger partial charge in [-0.3, -0.25) is 4.90 Å². The van der Waals surface area contributed by atoms with Gasteiger partial charge in [0.25, 0.3) is 10.2 Å². The van der Waals surface area contributed by atoms with Gasteiger partial charge >= 0.3 is 0 Å². The first-order chi connectivity index (χ1) is 10.5. The summed E-state index contributed by atoms with van der Waals surface area (Å²) in [6.07, 6.45) is 0. The molecule has 0 saturated carbocycles. The smallest absolute Gasteiger partial charge is 0.281 e. The predicted molar refractivity (Wildman–Crippen MR) is 83.5 cm³/mol. The average molecular weight is 324 g/mol. The zero-order chi connectivity index (χ0) is 15.7.